The van der Waals surface area contributed by atoms with Gasteiger partial charge in [-0.05, 0) is 25.3 Å². The van der Waals surface area contributed by atoms with E-state index in [1.807, 2.05) is 0 Å². The number of hydrogen-bond donors (Lipinski definition) is 1. The Morgan fingerprint density at radius 3 is 2.73 bits per heavy atom. The maximum atomic E-state index is 8.91. The third-order valence-electron chi connectivity index (χ3n) is 3.20. The predicted molar refractivity (Wildman–Crippen MR) is 60.0 cm³/mol. The minimum absolute atomic E-state index is 0.175. The van der Waals surface area contributed by atoms with Crippen LogP contribution in [0.2, 0.25) is 0 Å². The van der Waals surface area contributed by atoms with Gasteiger partial charge in [0.1, 0.15) is 0 Å². The number of benzene rings is 1. The van der Waals surface area contributed by atoms with Crippen LogP contribution in [0.5, 0.6) is 0 Å². The fourth-order valence-corrected chi connectivity index (χ4v) is 2.20. The molecule has 2 rings (SSSR count). The van der Waals surface area contributed by atoms with Crippen molar-refractivity contribution in [1.29, 1.82) is 0 Å². The number of rotatable bonds is 4. The lowest BCUT2D eigenvalue weighted by molar-refractivity contribution is -0.0665. The highest BCUT2D eigenvalue weighted by Crippen LogP contribution is 2.36. The summed E-state index contributed by atoms with van der Waals surface area (Å²) in [6.45, 7) is 3.99. The molecule has 0 bridgehead atoms. The number of hydrogen-bond acceptors (Lipinski definition) is 2. The molecule has 0 radical (unpaired) electrons. The minimum atomic E-state index is 0.175. The normalized spacial score (nSPS) is 18.5. The summed E-state index contributed by atoms with van der Waals surface area (Å²) in [5.74, 6) is 0. The van der Waals surface area contributed by atoms with Gasteiger partial charge in [-0.2, -0.15) is 0 Å². The fourth-order valence-electron chi connectivity index (χ4n) is 2.20. The van der Waals surface area contributed by atoms with Crippen molar-refractivity contribution in [2.75, 3.05) is 19.8 Å². The summed E-state index contributed by atoms with van der Waals surface area (Å²) in [7, 11) is 0. The van der Waals surface area contributed by atoms with Crippen molar-refractivity contribution in [3.8, 4) is 0 Å². The van der Waals surface area contributed by atoms with E-state index < -0.39 is 0 Å². The van der Waals surface area contributed by atoms with Crippen LogP contribution in [0.15, 0.2) is 24.3 Å². The van der Waals surface area contributed by atoms with Crippen molar-refractivity contribution < 1.29 is 9.84 Å². The molecule has 0 atom stereocenters. The smallest absolute Gasteiger partial charge is 0.0585 e. The van der Waals surface area contributed by atoms with Crippen molar-refractivity contribution in [1.82, 2.24) is 0 Å². The van der Waals surface area contributed by atoms with Crippen LogP contribution in [0.4, 0.5) is 0 Å². The Morgan fingerprint density at radius 1 is 1.40 bits per heavy atom. The van der Waals surface area contributed by atoms with Crippen LogP contribution in [0.25, 0.3) is 0 Å². The van der Waals surface area contributed by atoms with E-state index in [2.05, 4.69) is 31.2 Å². The van der Waals surface area contributed by atoms with Crippen LogP contribution in [-0.2, 0) is 10.2 Å². The van der Waals surface area contributed by atoms with Gasteiger partial charge >= 0.3 is 0 Å². The van der Waals surface area contributed by atoms with E-state index >= 15 is 0 Å². The number of aliphatic hydroxyl groups excluding tert-OH is 1. The molecular weight excluding hydrogens is 188 g/mol. The molecule has 0 saturated carbocycles. The molecule has 1 aliphatic rings. The molecule has 0 amide bonds. The summed E-state index contributed by atoms with van der Waals surface area (Å²) < 4.78 is 5.35. The summed E-state index contributed by atoms with van der Waals surface area (Å²) in [6, 6.07) is 8.62. The first-order valence-corrected chi connectivity index (χ1v) is 5.53. The lowest BCUT2D eigenvalue weighted by Gasteiger charge is -2.42. The first-order chi connectivity index (χ1) is 7.27. The molecule has 0 spiro atoms. The lowest BCUT2D eigenvalue weighted by atomic mass is 9.75. The Balaban J connectivity index is 2.18. The molecule has 1 saturated heterocycles. The second-order valence-electron chi connectivity index (χ2n) is 4.47. The maximum absolute atomic E-state index is 8.91. The Labute approximate surface area is 90.9 Å². The number of aliphatic hydroxyl groups is 1. The predicted octanol–water partition coefficient (Wildman–Crippen LogP) is 2.04. The van der Waals surface area contributed by atoms with Crippen LogP contribution in [-0.4, -0.2) is 24.9 Å². The fraction of sp³-hybridized carbons (Fsp3) is 0.538. The zero-order chi connectivity index (χ0) is 10.7. The van der Waals surface area contributed by atoms with Crippen molar-refractivity contribution in [3.63, 3.8) is 0 Å². The van der Waals surface area contributed by atoms with E-state index in [1.54, 1.807) is 0 Å². The van der Waals surface area contributed by atoms with Crippen LogP contribution in [0.3, 0.4) is 0 Å². The highest BCUT2D eigenvalue weighted by molar-refractivity contribution is 5.31. The van der Waals surface area contributed by atoms with Crippen LogP contribution >= 0.6 is 0 Å². The van der Waals surface area contributed by atoms with Crippen molar-refractivity contribution >= 4 is 0 Å². The summed E-state index contributed by atoms with van der Waals surface area (Å²) in [6.07, 6.45) is 1.88. The average molecular weight is 206 g/mol. The standard InChI is InChI=1S/C13H18O2/c1-11-4-2-5-12(8-11)13(6-3-7-14)9-15-10-13/h2,4-5,8,14H,3,6-7,9-10H2,1H3. The molecule has 15 heavy (non-hydrogen) atoms. The highest BCUT2D eigenvalue weighted by atomic mass is 16.5. The van der Waals surface area contributed by atoms with Gasteiger partial charge in [0.25, 0.3) is 0 Å². The van der Waals surface area contributed by atoms with E-state index in [-0.39, 0.29) is 12.0 Å². The van der Waals surface area contributed by atoms with E-state index in [0.717, 1.165) is 26.1 Å². The Bertz CT molecular complexity index is 329. The third-order valence-corrected chi connectivity index (χ3v) is 3.20. The van der Waals surface area contributed by atoms with E-state index in [0.29, 0.717) is 0 Å². The average Bonchev–Trinajstić information content (AvgIpc) is 2.16. The molecule has 0 aliphatic carbocycles. The third kappa shape index (κ3) is 2.06. The monoisotopic (exact) mass is 206 g/mol. The number of ether oxygens (including phenoxy) is 1. The maximum Gasteiger partial charge on any atom is 0.0585 e. The molecule has 1 N–H and O–H groups in total. The number of aryl methyl sites for hydroxylation is 1. The molecule has 1 heterocycles. The summed E-state index contributed by atoms with van der Waals surface area (Å²) in [4.78, 5) is 0. The minimum Gasteiger partial charge on any atom is -0.396 e. The van der Waals surface area contributed by atoms with Gasteiger partial charge in [0.15, 0.2) is 0 Å². The highest BCUT2D eigenvalue weighted by Gasteiger charge is 2.39. The second-order valence-corrected chi connectivity index (χ2v) is 4.47. The van der Waals surface area contributed by atoms with E-state index in [1.165, 1.54) is 11.1 Å². The molecule has 2 heteroatoms. The molecule has 0 aromatic heterocycles. The van der Waals surface area contributed by atoms with Crippen molar-refractivity contribution in [2.24, 2.45) is 0 Å². The van der Waals surface area contributed by atoms with Gasteiger partial charge in [-0.1, -0.05) is 29.8 Å². The quantitative estimate of drug-likeness (QED) is 0.817. The van der Waals surface area contributed by atoms with Crippen LogP contribution in [0.1, 0.15) is 24.0 Å². The first kappa shape index (κ1) is 10.7. The summed E-state index contributed by atoms with van der Waals surface area (Å²) in [5, 5.41) is 8.91. The molecule has 2 nitrogen and oxygen atoms in total. The molecule has 1 aliphatic heterocycles. The second kappa shape index (κ2) is 4.33. The molecule has 1 aromatic rings. The van der Waals surface area contributed by atoms with E-state index in [4.69, 9.17) is 9.84 Å². The van der Waals surface area contributed by atoms with Crippen LogP contribution in [0, 0.1) is 6.92 Å². The Morgan fingerprint density at radius 2 is 2.20 bits per heavy atom. The van der Waals surface area contributed by atoms with E-state index in [9.17, 15) is 0 Å². The Hall–Kier alpha value is -0.860. The Kier molecular flexibility index (Phi) is 3.08. The molecule has 82 valence electrons. The lowest BCUT2D eigenvalue weighted by Crippen LogP contribution is -2.46. The van der Waals surface area contributed by atoms with Gasteiger partial charge in [-0.15, -0.1) is 0 Å². The van der Waals surface area contributed by atoms with Crippen molar-refractivity contribution in [2.45, 2.75) is 25.2 Å². The van der Waals surface area contributed by atoms with Gasteiger partial charge in [-0.25, -0.2) is 0 Å². The molecule has 0 unspecified atom stereocenters. The molecule has 1 aromatic carbocycles. The van der Waals surface area contributed by atoms with Crippen LogP contribution < -0.4 is 0 Å². The largest absolute Gasteiger partial charge is 0.396 e. The van der Waals surface area contributed by atoms with Gasteiger partial charge in [0, 0.05) is 12.0 Å². The summed E-state index contributed by atoms with van der Waals surface area (Å²) >= 11 is 0. The van der Waals surface area contributed by atoms with Gasteiger partial charge in [0.2, 0.25) is 0 Å². The zero-order valence-corrected chi connectivity index (χ0v) is 9.20. The SMILES string of the molecule is Cc1cccc(C2(CCCO)COC2)c1. The first-order valence-electron chi connectivity index (χ1n) is 5.53. The van der Waals surface area contributed by atoms with Gasteiger partial charge in [0.05, 0.1) is 13.2 Å². The molecular formula is C13H18O2. The molecule has 1 fully saturated rings. The van der Waals surface area contributed by atoms with Gasteiger partial charge < -0.3 is 9.84 Å². The summed E-state index contributed by atoms with van der Waals surface area (Å²) in [5.41, 5.74) is 2.83. The topological polar surface area (TPSA) is 29.5 Å². The zero-order valence-electron chi connectivity index (χ0n) is 9.20. The van der Waals surface area contributed by atoms with Crippen molar-refractivity contribution in [3.05, 3.63) is 35.4 Å². The van der Waals surface area contributed by atoms with Gasteiger partial charge in [-0.3, -0.25) is 0 Å².